The fraction of sp³-hybridized carbons (Fsp3) is 0. The molecule has 0 aliphatic carbocycles. The van der Waals surface area contributed by atoms with Crippen molar-refractivity contribution in [1.82, 2.24) is 0 Å². The summed E-state index contributed by atoms with van der Waals surface area (Å²) in [5.41, 5.74) is 13.0. The molecule has 1 heterocycles. The molecule has 2 heteroatoms. The molecular formula is C52H37NO. The zero-order valence-electron chi connectivity index (χ0n) is 29.8. The molecule has 0 N–H and O–H groups in total. The van der Waals surface area contributed by atoms with Gasteiger partial charge in [0.05, 0.1) is 5.69 Å². The van der Waals surface area contributed by atoms with Gasteiger partial charge < -0.3 is 9.32 Å². The van der Waals surface area contributed by atoms with Gasteiger partial charge in [-0.05, 0) is 92.2 Å². The first-order valence-corrected chi connectivity index (χ1v) is 18.3. The number of hydrogen-bond donors (Lipinski definition) is 0. The molecule has 0 aliphatic rings. The quantitative estimate of drug-likeness (QED) is 0.158. The molecule has 0 unspecified atom stereocenters. The van der Waals surface area contributed by atoms with Gasteiger partial charge >= 0.3 is 0 Å². The lowest BCUT2D eigenvalue weighted by Gasteiger charge is -2.27. The lowest BCUT2D eigenvalue weighted by molar-refractivity contribution is 0.578. The topological polar surface area (TPSA) is 16.4 Å². The molecule has 0 radical (unpaired) electrons. The Hall–Kier alpha value is -7.16. The van der Waals surface area contributed by atoms with E-state index in [9.17, 15) is 0 Å². The number of hydrogen-bond acceptors (Lipinski definition) is 2. The number of para-hydroxylation sites is 1. The number of rotatable bonds is 8. The molecular weight excluding hydrogens is 655 g/mol. The van der Waals surface area contributed by atoms with Crippen molar-refractivity contribution in [3.63, 3.8) is 0 Å². The highest BCUT2D eigenvalue weighted by Gasteiger charge is 2.16. The molecule has 0 amide bonds. The van der Waals surface area contributed by atoms with Crippen molar-refractivity contribution >= 4 is 57.5 Å². The molecule has 0 atom stereocenters. The maximum Gasteiger partial charge on any atom is 0.136 e. The van der Waals surface area contributed by atoms with Gasteiger partial charge in [-0.25, -0.2) is 0 Å². The van der Waals surface area contributed by atoms with Crippen molar-refractivity contribution in [2.24, 2.45) is 0 Å². The summed E-state index contributed by atoms with van der Waals surface area (Å²) < 4.78 is 6.11. The van der Waals surface area contributed by atoms with E-state index in [0.717, 1.165) is 44.2 Å². The molecule has 9 aromatic rings. The molecule has 0 bridgehead atoms. The molecule has 0 fully saturated rings. The first-order chi connectivity index (χ1) is 26.7. The highest BCUT2D eigenvalue weighted by Crippen LogP contribution is 2.39. The Morgan fingerprint density at radius 1 is 0.444 bits per heavy atom. The lowest BCUT2D eigenvalue weighted by Crippen LogP contribution is -2.17. The maximum atomic E-state index is 6.11. The smallest absolute Gasteiger partial charge is 0.136 e. The summed E-state index contributed by atoms with van der Waals surface area (Å²) in [5.74, 6) is 0. The Labute approximate surface area is 315 Å². The number of anilines is 3. The molecule has 1 aromatic heterocycles. The second-order valence-corrected chi connectivity index (χ2v) is 13.5. The van der Waals surface area contributed by atoms with Crippen LogP contribution >= 0.6 is 0 Å². The molecule has 256 valence electrons. The van der Waals surface area contributed by atoms with E-state index in [4.69, 9.17) is 4.42 Å². The number of allylic oxidation sites excluding steroid dienone is 1. The summed E-state index contributed by atoms with van der Waals surface area (Å²) in [6.07, 6.45) is 6.38. The molecule has 0 aliphatic heterocycles. The second kappa shape index (κ2) is 14.5. The fourth-order valence-electron chi connectivity index (χ4n) is 7.26. The van der Waals surface area contributed by atoms with Crippen LogP contribution in [0.2, 0.25) is 0 Å². The number of fused-ring (bicyclic) bond motifs is 2. The molecule has 0 saturated heterocycles. The van der Waals surface area contributed by atoms with Gasteiger partial charge in [0.25, 0.3) is 0 Å². The second-order valence-electron chi connectivity index (χ2n) is 13.5. The van der Waals surface area contributed by atoms with Gasteiger partial charge in [0.2, 0.25) is 0 Å². The minimum absolute atomic E-state index is 0.660. The fourth-order valence-corrected chi connectivity index (χ4v) is 7.26. The van der Waals surface area contributed by atoms with E-state index >= 15 is 0 Å². The van der Waals surface area contributed by atoms with Crippen LogP contribution in [0.25, 0.3) is 73.9 Å². The van der Waals surface area contributed by atoms with Crippen LogP contribution in [0.3, 0.4) is 0 Å². The van der Waals surface area contributed by atoms with E-state index in [0.29, 0.717) is 5.42 Å². The SMILES string of the molecule is C=c1oc2cc3ccccc3cc2/c1=C/C=C/c1ccccc1N(c1ccc(-c2ccccc2)cc1)c1ccc(-c2ccc(-c3ccccc3)cc2)cc1. The average molecular weight is 692 g/mol. The van der Waals surface area contributed by atoms with E-state index < -0.39 is 0 Å². The summed E-state index contributed by atoms with van der Waals surface area (Å²) in [7, 11) is 0. The minimum Gasteiger partial charge on any atom is -0.457 e. The first kappa shape index (κ1) is 32.7. The summed E-state index contributed by atoms with van der Waals surface area (Å²) in [6, 6.07) is 68.7. The number of nitrogens with zero attached hydrogens (tertiary/aromatic N) is 1. The van der Waals surface area contributed by atoms with Crippen LogP contribution in [0.4, 0.5) is 17.1 Å². The third kappa shape index (κ3) is 6.53. The van der Waals surface area contributed by atoms with E-state index in [1.165, 1.54) is 38.8 Å². The maximum absolute atomic E-state index is 6.11. The van der Waals surface area contributed by atoms with Gasteiger partial charge in [-0.15, -0.1) is 0 Å². The average Bonchev–Trinajstić information content (AvgIpc) is 3.54. The van der Waals surface area contributed by atoms with E-state index in [2.05, 4.69) is 224 Å². The molecule has 2 nitrogen and oxygen atoms in total. The molecule has 0 saturated carbocycles. The Kier molecular flexibility index (Phi) is 8.76. The predicted octanol–water partition coefficient (Wildman–Crippen LogP) is 13.0. The first-order valence-electron chi connectivity index (χ1n) is 18.3. The van der Waals surface area contributed by atoms with Crippen molar-refractivity contribution in [1.29, 1.82) is 0 Å². The van der Waals surface area contributed by atoms with Crippen LogP contribution in [0.15, 0.2) is 205 Å². The zero-order valence-corrected chi connectivity index (χ0v) is 29.8. The molecule has 0 spiro atoms. The highest BCUT2D eigenvalue weighted by atomic mass is 16.3. The third-order valence-corrected chi connectivity index (χ3v) is 10.1. The Balaban J connectivity index is 1.09. The van der Waals surface area contributed by atoms with Gasteiger partial charge in [0.15, 0.2) is 0 Å². The predicted molar refractivity (Wildman–Crippen MR) is 229 cm³/mol. The van der Waals surface area contributed by atoms with Crippen molar-refractivity contribution in [2.75, 3.05) is 4.90 Å². The van der Waals surface area contributed by atoms with Crippen LogP contribution in [0.1, 0.15) is 5.56 Å². The van der Waals surface area contributed by atoms with Gasteiger partial charge in [-0.1, -0.05) is 176 Å². The van der Waals surface area contributed by atoms with Crippen LogP contribution in [-0.2, 0) is 0 Å². The number of benzene rings is 8. The molecule has 54 heavy (non-hydrogen) atoms. The monoisotopic (exact) mass is 691 g/mol. The van der Waals surface area contributed by atoms with Crippen LogP contribution in [0, 0.1) is 0 Å². The molecule has 9 rings (SSSR count). The van der Waals surface area contributed by atoms with Crippen molar-refractivity contribution in [3.05, 3.63) is 216 Å². The summed E-state index contributed by atoms with van der Waals surface area (Å²) >= 11 is 0. The Morgan fingerprint density at radius 3 is 1.44 bits per heavy atom. The Bertz CT molecular complexity index is 2850. The van der Waals surface area contributed by atoms with E-state index in [1.54, 1.807) is 0 Å². The van der Waals surface area contributed by atoms with Gasteiger partial charge in [0, 0.05) is 22.0 Å². The van der Waals surface area contributed by atoms with Crippen LogP contribution in [0.5, 0.6) is 0 Å². The third-order valence-electron chi connectivity index (χ3n) is 10.1. The standard InChI is InChI=1S/C52H37NO/c1-37-49(50-35-45-18-8-9-19-46(45)36-52(50)54-37)21-12-20-44-17-10-11-22-51(44)53(47-31-27-42(28-32-47)39-15-6-3-7-16-39)48-33-29-43(30-34-48)41-25-23-40(24-26-41)38-13-4-2-5-14-38/h2-36H,1H2/b20-12+,49-21+. The highest BCUT2D eigenvalue weighted by molar-refractivity contribution is 5.96. The van der Waals surface area contributed by atoms with Gasteiger partial charge in [-0.2, -0.15) is 0 Å². The summed E-state index contributed by atoms with van der Waals surface area (Å²) in [4.78, 5) is 2.34. The van der Waals surface area contributed by atoms with Crippen LogP contribution < -0.4 is 15.5 Å². The van der Waals surface area contributed by atoms with E-state index in [1.807, 2.05) is 0 Å². The minimum atomic E-state index is 0.660. The van der Waals surface area contributed by atoms with E-state index in [-0.39, 0.29) is 0 Å². The summed E-state index contributed by atoms with van der Waals surface area (Å²) in [6.45, 7) is 4.24. The van der Waals surface area contributed by atoms with Gasteiger partial charge in [-0.3, -0.25) is 0 Å². The zero-order chi connectivity index (χ0) is 36.3. The number of furan rings is 1. The normalized spacial score (nSPS) is 11.8. The van der Waals surface area contributed by atoms with Crippen LogP contribution in [-0.4, -0.2) is 0 Å². The Morgan fingerprint density at radius 2 is 0.889 bits per heavy atom. The van der Waals surface area contributed by atoms with Crippen molar-refractivity contribution in [3.8, 4) is 33.4 Å². The molecule has 8 aromatic carbocycles. The van der Waals surface area contributed by atoms with Gasteiger partial charge in [0.1, 0.15) is 11.0 Å². The largest absolute Gasteiger partial charge is 0.457 e. The summed E-state index contributed by atoms with van der Waals surface area (Å²) in [5, 5.41) is 4.39. The van der Waals surface area contributed by atoms with Crippen molar-refractivity contribution in [2.45, 2.75) is 0 Å². The van der Waals surface area contributed by atoms with Crippen molar-refractivity contribution < 1.29 is 4.42 Å². The lowest BCUT2D eigenvalue weighted by atomic mass is 10.00.